The van der Waals surface area contributed by atoms with E-state index in [1.165, 1.54) is 19.3 Å². The predicted octanol–water partition coefficient (Wildman–Crippen LogP) is 0.929. The summed E-state index contributed by atoms with van der Waals surface area (Å²) in [4.78, 5) is 16.7. The first-order valence-electron chi connectivity index (χ1n) is 7.37. The second kappa shape index (κ2) is 6.53. The Balaban J connectivity index is 1.80. The van der Waals surface area contributed by atoms with Crippen molar-refractivity contribution < 1.29 is 4.79 Å². The van der Waals surface area contributed by atoms with Gasteiger partial charge in [0.05, 0.1) is 6.54 Å². The molecule has 2 saturated heterocycles. The molecule has 0 aromatic rings. The lowest BCUT2D eigenvalue weighted by Crippen LogP contribution is -2.47. The van der Waals surface area contributed by atoms with E-state index in [9.17, 15) is 4.79 Å². The van der Waals surface area contributed by atoms with Crippen molar-refractivity contribution >= 4 is 5.91 Å². The summed E-state index contributed by atoms with van der Waals surface area (Å²) in [6.45, 7) is 6.90. The number of likely N-dealkylation sites (tertiary alicyclic amines) is 2. The summed E-state index contributed by atoms with van der Waals surface area (Å²) in [5.74, 6) is 0.980. The molecule has 104 valence electrons. The van der Waals surface area contributed by atoms with Gasteiger partial charge in [0.15, 0.2) is 0 Å². The van der Waals surface area contributed by atoms with Crippen molar-refractivity contribution in [2.24, 2.45) is 5.92 Å². The van der Waals surface area contributed by atoms with Gasteiger partial charge < -0.3 is 10.2 Å². The van der Waals surface area contributed by atoms with Crippen molar-refractivity contribution in [1.82, 2.24) is 15.1 Å². The SMILES string of the molecule is CNC[C@H]1CCCN(C(=O)CN2CCC[C@@H]2C)C1. The molecule has 0 aromatic heterocycles. The van der Waals surface area contributed by atoms with E-state index in [1.807, 2.05) is 7.05 Å². The molecule has 2 heterocycles. The van der Waals surface area contributed by atoms with Gasteiger partial charge in [-0.05, 0) is 58.7 Å². The maximum atomic E-state index is 12.3. The van der Waals surface area contributed by atoms with E-state index in [0.29, 0.717) is 24.4 Å². The zero-order chi connectivity index (χ0) is 13.0. The largest absolute Gasteiger partial charge is 0.341 e. The minimum Gasteiger partial charge on any atom is -0.341 e. The van der Waals surface area contributed by atoms with Crippen molar-refractivity contribution in [3.8, 4) is 0 Å². The van der Waals surface area contributed by atoms with Crippen molar-refractivity contribution in [1.29, 1.82) is 0 Å². The van der Waals surface area contributed by atoms with Gasteiger partial charge >= 0.3 is 0 Å². The number of rotatable bonds is 4. The van der Waals surface area contributed by atoms with Crippen LogP contribution in [0.1, 0.15) is 32.6 Å². The molecule has 2 atom stereocenters. The molecular weight excluding hydrogens is 226 g/mol. The first kappa shape index (κ1) is 13.8. The molecule has 1 N–H and O–H groups in total. The van der Waals surface area contributed by atoms with Crippen LogP contribution in [0.2, 0.25) is 0 Å². The van der Waals surface area contributed by atoms with Gasteiger partial charge in [0.1, 0.15) is 0 Å². The Morgan fingerprint density at radius 3 is 2.72 bits per heavy atom. The number of nitrogens with zero attached hydrogens (tertiary/aromatic N) is 2. The van der Waals surface area contributed by atoms with Crippen LogP contribution in [0.4, 0.5) is 0 Å². The molecule has 2 rings (SSSR count). The number of carbonyl (C=O) groups excluding carboxylic acids is 1. The molecule has 2 aliphatic heterocycles. The van der Waals surface area contributed by atoms with E-state index in [-0.39, 0.29) is 0 Å². The lowest BCUT2D eigenvalue weighted by atomic mass is 9.98. The van der Waals surface area contributed by atoms with Gasteiger partial charge in [-0.2, -0.15) is 0 Å². The zero-order valence-corrected chi connectivity index (χ0v) is 11.8. The Bertz CT molecular complexity index is 280. The van der Waals surface area contributed by atoms with E-state index >= 15 is 0 Å². The average Bonchev–Trinajstić information content (AvgIpc) is 2.76. The molecule has 2 fully saturated rings. The van der Waals surface area contributed by atoms with Crippen LogP contribution in [0.3, 0.4) is 0 Å². The number of carbonyl (C=O) groups is 1. The van der Waals surface area contributed by atoms with Gasteiger partial charge in [-0.15, -0.1) is 0 Å². The molecule has 4 nitrogen and oxygen atoms in total. The van der Waals surface area contributed by atoms with Crippen LogP contribution < -0.4 is 5.32 Å². The van der Waals surface area contributed by atoms with Crippen LogP contribution in [-0.2, 0) is 4.79 Å². The number of hydrogen-bond donors (Lipinski definition) is 1. The smallest absolute Gasteiger partial charge is 0.236 e. The van der Waals surface area contributed by atoms with E-state index in [1.54, 1.807) is 0 Å². The Morgan fingerprint density at radius 2 is 2.06 bits per heavy atom. The molecule has 0 unspecified atom stereocenters. The van der Waals surface area contributed by atoms with Crippen LogP contribution in [-0.4, -0.2) is 61.5 Å². The third-order valence-electron chi connectivity index (χ3n) is 4.39. The summed E-state index contributed by atoms with van der Waals surface area (Å²) in [7, 11) is 1.99. The summed E-state index contributed by atoms with van der Waals surface area (Å²) in [5.41, 5.74) is 0. The van der Waals surface area contributed by atoms with E-state index in [0.717, 1.165) is 32.6 Å². The first-order chi connectivity index (χ1) is 8.70. The zero-order valence-electron chi connectivity index (χ0n) is 11.8. The van der Waals surface area contributed by atoms with Gasteiger partial charge in [0, 0.05) is 19.1 Å². The Morgan fingerprint density at radius 1 is 1.28 bits per heavy atom. The summed E-state index contributed by atoms with van der Waals surface area (Å²) in [5, 5.41) is 3.23. The molecule has 2 aliphatic rings. The summed E-state index contributed by atoms with van der Waals surface area (Å²) >= 11 is 0. The minimum atomic E-state index is 0.338. The van der Waals surface area contributed by atoms with Crippen LogP contribution in [0.15, 0.2) is 0 Å². The van der Waals surface area contributed by atoms with Crippen LogP contribution >= 0.6 is 0 Å². The fraction of sp³-hybridized carbons (Fsp3) is 0.929. The normalized spacial score (nSPS) is 29.8. The molecule has 0 spiro atoms. The van der Waals surface area contributed by atoms with Gasteiger partial charge in [-0.1, -0.05) is 0 Å². The number of nitrogens with one attached hydrogen (secondary N) is 1. The van der Waals surface area contributed by atoms with Gasteiger partial charge in [-0.3, -0.25) is 9.69 Å². The van der Waals surface area contributed by atoms with Crippen LogP contribution in [0.5, 0.6) is 0 Å². The van der Waals surface area contributed by atoms with Crippen molar-refractivity contribution in [2.45, 2.75) is 38.6 Å². The maximum Gasteiger partial charge on any atom is 0.236 e. The maximum absolute atomic E-state index is 12.3. The Labute approximate surface area is 111 Å². The Kier molecular flexibility index (Phi) is 5.01. The molecule has 1 amide bonds. The molecule has 0 aliphatic carbocycles. The number of amides is 1. The quantitative estimate of drug-likeness (QED) is 0.809. The molecule has 0 aromatic carbocycles. The summed E-state index contributed by atoms with van der Waals surface area (Å²) < 4.78 is 0. The van der Waals surface area contributed by atoms with Crippen molar-refractivity contribution in [3.63, 3.8) is 0 Å². The third kappa shape index (κ3) is 3.45. The highest BCUT2D eigenvalue weighted by Crippen LogP contribution is 2.19. The lowest BCUT2D eigenvalue weighted by molar-refractivity contribution is -0.134. The van der Waals surface area contributed by atoms with E-state index < -0.39 is 0 Å². The monoisotopic (exact) mass is 253 g/mol. The number of piperidine rings is 1. The highest BCUT2D eigenvalue weighted by atomic mass is 16.2. The topological polar surface area (TPSA) is 35.6 Å². The van der Waals surface area contributed by atoms with Crippen molar-refractivity contribution in [3.05, 3.63) is 0 Å². The van der Waals surface area contributed by atoms with Crippen molar-refractivity contribution in [2.75, 3.05) is 39.8 Å². The minimum absolute atomic E-state index is 0.338. The van der Waals surface area contributed by atoms with Crippen LogP contribution in [0, 0.1) is 5.92 Å². The molecule has 0 saturated carbocycles. The fourth-order valence-corrected chi connectivity index (χ4v) is 3.25. The average molecular weight is 253 g/mol. The Hall–Kier alpha value is -0.610. The molecule has 18 heavy (non-hydrogen) atoms. The van der Waals surface area contributed by atoms with E-state index in [2.05, 4.69) is 22.0 Å². The molecular formula is C14H27N3O. The summed E-state index contributed by atoms with van der Waals surface area (Å²) in [6.07, 6.45) is 4.91. The van der Waals surface area contributed by atoms with E-state index in [4.69, 9.17) is 0 Å². The highest BCUT2D eigenvalue weighted by Gasteiger charge is 2.27. The molecule has 4 heteroatoms. The predicted molar refractivity (Wildman–Crippen MR) is 73.5 cm³/mol. The standard InChI is InChI=1S/C14H27N3O/c1-12-5-3-7-16(12)11-14(18)17-8-4-6-13(10-17)9-15-2/h12-13,15H,3-11H2,1-2H3/t12-,13+/m0/s1. The second-order valence-electron chi connectivity index (χ2n) is 5.87. The van der Waals surface area contributed by atoms with Crippen LogP contribution in [0.25, 0.3) is 0 Å². The van der Waals surface area contributed by atoms with Gasteiger partial charge in [0.2, 0.25) is 5.91 Å². The third-order valence-corrected chi connectivity index (χ3v) is 4.39. The number of hydrogen-bond acceptors (Lipinski definition) is 3. The van der Waals surface area contributed by atoms with Gasteiger partial charge in [-0.25, -0.2) is 0 Å². The fourth-order valence-electron chi connectivity index (χ4n) is 3.25. The molecule has 0 bridgehead atoms. The first-order valence-corrected chi connectivity index (χ1v) is 7.37. The second-order valence-corrected chi connectivity index (χ2v) is 5.87. The summed E-state index contributed by atoms with van der Waals surface area (Å²) in [6, 6.07) is 0.590. The van der Waals surface area contributed by atoms with Gasteiger partial charge in [0.25, 0.3) is 0 Å². The highest BCUT2D eigenvalue weighted by molar-refractivity contribution is 5.78. The lowest BCUT2D eigenvalue weighted by Gasteiger charge is -2.34. The molecule has 0 radical (unpaired) electrons.